The average molecular weight is 446 g/mol. The highest BCUT2D eigenvalue weighted by molar-refractivity contribution is 7.90. The molecule has 0 spiro atoms. The number of imidazole rings is 1. The molecule has 1 N–H and O–H groups in total. The Kier molecular flexibility index (Phi) is 4.22. The SMILES string of the molecule is CS(=O)(=O)c1nn(Cc2nc3cc(Cl)ccc3n2[C@H]2C[C@@](C)(O)C2)c2cnccc12. The molecule has 4 aromatic rings. The van der Waals surface area contributed by atoms with E-state index in [2.05, 4.69) is 14.6 Å². The molecule has 0 atom stereocenters. The normalized spacial score (nSPS) is 21.9. The topological polar surface area (TPSA) is 103 Å². The third-order valence-electron chi connectivity index (χ3n) is 5.60. The fourth-order valence-corrected chi connectivity index (χ4v) is 5.28. The van der Waals surface area contributed by atoms with Gasteiger partial charge in [0.15, 0.2) is 14.9 Å². The Morgan fingerprint density at radius 3 is 2.73 bits per heavy atom. The smallest absolute Gasteiger partial charge is 0.195 e. The first kappa shape index (κ1) is 19.5. The molecule has 0 radical (unpaired) electrons. The number of aromatic nitrogens is 5. The van der Waals surface area contributed by atoms with Crippen LogP contribution in [0.3, 0.4) is 0 Å². The van der Waals surface area contributed by atoms with Gasteiger partial charge in [0.05, 0.1) is 34.9 Å². The maximum Gasteiger partial charge on any atom is 0.195 e. The Hall–Kier alpha value is -2.49. The summed E-state index contributed by atoms with van der Waals surface area (Å²) in [5.74, 6) is 0.723. The average Bonchev–Trinajstić information content (AvgIpc) is 3.17. The maximum absolute atomic E-state index is 12.2. The van der Waals surface area contributed by atoms with Crippen molar-refractivity contribution in [2.45, 2.75) is 43.0 Å². The van der Waals surface area contributed by atoms with Crippen molar-refractivity contribution in [2.24, 2.45) is 0 Å². The third-order valence-corrected chi connectivity index (χ3v) is 6.84. The van der Waals surface area contributed by atoms with Crippen molar-refractivity contribution >= 4 is 43.4 Å². The predicted octanol–water partition coefficient (Wildman–Crippen LogP) is 2.97. The number of rotatable bonds is 4. The van der Waals surface area contributed by atoms with Crippen LogP contribution in [0, 0.1) is 0 Å². The second kappa shape index (κ2) is 6.50. The molecule has 0 unspecified atom stereocenters. The number of halogens is 1. The van der Waals surface area contributed by atoms with Crippen LogP contribution >= 0.6 is 11.6 Å². The van der Waals surface area contributed by atoms with E-state index >= 15 is 0 Å². The minimum Gasteiger partial charge on any atom is -0.390 e. The Balaban J connectivity index is 1.66. The summed E-state index contributed by atoms with van der Waals surface area (Å²) >= 11 is 6.16. The first-order valence-electron chi connectivity index (χ1n) is 9.52. The first-order chi connectivity index (χ1) is 14.1. The van der Waals surface area contributed by atoms with Gasteiger partial charge in [-0.15, -0.1) is 0 Å². The number of fused-ring (bicyclic) bond motifs is 2. The van der Waals surface area contributed by atoms with Crippen LogP contribution in [-0.4, -0.2) is 49.7 Å². The summed E-state index contributed by atoms with van der Waals surface area (Å²) in [6.07, 6.45) is 5.53. The summed E-state index contributed by atoms with van der Waals surface area (Å²) in [5.41, 5.74) is 1.60. The molecule has 0 bridgehead atoms. The van der Waals surface area contributed by atoms with Crippen LogP contribution < -0.4 is 0 Å². The zero-order valence-electron chi connectivity index (χ0n) is 16.4. The molecular weight excluding hydrogens is 426 g/mol. The van der Waals surface area contributed by atoms with E-state index in [9.17, 15) is 13.5 Å². The van der Waals surface area contributed by atoms with Gasteiger partial charge in [0.1, 0.15) is 5.82 Å². The Labute approximate surface area is 178 Å². The van der Waals surface area contributed by atoms with Crippen LogP contribution in [0.4, 0.5) is 0 Å². The molecule has 1 aliphatic rings. The minimum atomic E-state index is -3.50. The molecule has 8 nitrogen and oxygen atoms in total. The fraction of sp³-hybridized carbons (Fsp3) is 0.350. The summed E-state index contributed by atoms with van der Waals surface area (Å²) in [7, 11) is -3.50. The lowest BCUT2D eigenvalue weighted by molar-refractivity contribution is -0.0505. The van der Waals surface area contributed by atoms with E-state index in [1.54, 1.807) is 29.2 Å². The summed E-state index contributed by atoms with van der Waals surface area (Å²) in [5, 5.41) is 15.8. The van der Waals surface area contributed by atoms with Gasteiger partial charge in [-0.2, -0.15) is 5.10 Å². The molecule has 1 saturated carbocycles. The van der Waals surface area contributed by atoms with Crippen molar-refractivity contribution in [1.29, 1.82) is 0 Å². The van der Waals surface area contributed by atoms with Gasteiger partial charge in [-0.25, -0.2) is 13.4 Å². The van der Waals surface area contributed by atoms with E-state index in [4.69, 9.17) is 16.6 Å². The summed E-state index contributed by atoms with van der Waals surface area (Å²) in [6.45, 7) is 2.09. The summed E-state index contributed by atoms with van der Waals surface area (Å²) < 4.78 is 28.2. The second-order valence-corrected chi connectivity index (χ2v) is 10.6. The highest BCUT2D eigenvalue weighted by Crippen LogP contribution is 2.43. The zero-order chi connectivity index (χ0) is 21.3. The van der Waals surface area contributed by atoms with E-state index in [1.807, 2.05) is 19.1 Å². The maximum atomic E-state index is 12.2. The number of nitrogens with zero attached hydrogens (tertiary/aromatic N) is 5. The quantitative estimate of drug-likeness (QED) is 0.518. The van der Waals surface area contributed by atoms with Crippen molar-refractivity contribution in [1.82, 2.24) is 24.3 Å². The molecule has 0 amide bonds. The fourth-order valence-electron chi connectivity index (χ4n) is 4.30. The zero-order valence-corrected chi connectivity index (χ0v) is 18.0. The summed E-state index contributed by atoms with van der Waals surface area (Å²) in [4.78, 5) is 8.90. The van der Waals surface area contributed by atoms with Crippen LogP contribution in [0.2, 0.25) is 5.02 Å². The Morgan fingerprint density at radius 2 is 2.03 bits per heavy atom. The van der Waals surface area contributed by atoms with E-state index in [1.165, 1.54) is 0 Å². The minimum absolute atomic E-state index is 0.0252. The third kappa shape index (κ3) is 3.17. The van der Waals surface area contributed by atoms with Gasteiger partial charge in [-0.3, -0.25) is 9.67 Å². The monoisotopic (exact) mass is 445 g/mol. The molecule has 3 aromatic heterocycles. The summed E-state index contributed by atoms with van der Waals surface area (Å²) in [6, 6.07) is 7.29. The molecule has 5 rings (SSSR count). The number of sulfone groups is 1. The van der Waals surface area contributed by atoms with Crippen molar-refractivity contribution in [3.05, 3.63) is 47.5 Å². The molecule has 156 valence electrons. The van der Waals surface area contributed by atoms with Crippen molar-refractivity contribution in [3.8, 4) is 0 Å². The van der Waals surface area contributed by atoms with Gasteiger partial charge < -0.3 is 9.67 Å². The Morgan fingerprint density at radius 1 is 1.27 bits per heavy atom. The van der Waals surface area contributed by atoms with Gasteiger partial charge in [0.2, 0.25) is 0 Å². The highest BCUT2D eigenvalue weighted by atomic mass is 35.5. The molecule has 0 saturated heterocycles. The first-order valence-corrected chi connectivity index (χ1v) is 11.8. The lowest BCUT2D eigenvalue weighted by Crippen LogP contribution is -2.42. The standard InChI is InChI=1S/C20H20ClN5O3S/c1-20(27)8-13(9-20)26-16-4-3-12(21)7-15(16)23-18(26)11-25-17-10-22-6-5-14(17)19(24-25)30(2,28)29/h3-7,10,13,27H,8-9,11H2,1-2H3/t13-,20+. The molecule has 0 aliphatic heterocycles. The number of benzene rings is 1. The van der Waals surface area contributed by atoms with E-state index in [0.29, 0.717) is 28.8 Å². The molecule has 1 aromatic carbocycles. The lowest BCUT2D eigenvalue weighted by atomic mass is 9.77. The number of hydrogen-bond donors (Lipinski definition) is 1. The second-order valence-electron chi connectivity index (χ2n) is 8.22. The van der Waals surface area contributed by atoms with Gasteiger partial charge in [0.25, 0.3) is 0 Å². The number of hydrogen-bond acceptors (Lipinski definition) is 6. The number of pyridine rings is 1. The molecule has 30 heavy (non-hydrogen) atoms. The van der Waals surface area contributed by atoms with E-state index in [-0.39, 0.29) is 17.6 Å². The van der Waals surface area contributed by atoms with Crippen molar-refractivity contribution < 1.29 is 13.5 Å². The van der Waals surface area contributed by atoms with Crippen LogP contribution in [0.1, 0.15) is 31.6 Å². The van der Waals surface area contributed by atoms with Gasteiger partial charge in [0, 0.05) is 28.9 Å². The lowest BCUT2D eigenvalue weighted by Gasteiger charge is -2.42. The van der Waals surface area contributed by atoms with E-state index < -0.39 is 15.4 Å². The highest BCUT2D eigenvalue weighted by Gasteiger charge is 2.41. The van der Waals surface area contributed by atoms with Gasteiger partial charge in [-0.1, -0.05) is 11.6 Å². The molecule has 1 fully saturated rings. The van der Waals surface area contributed by atoms with Crippen LogP contribution in [0.25, 0.3) is 21.9 Å². The van der Waals surface area contributed by atoms with Crippen molar-refractivity contribution in [3.63, 3.8) is 0 Å². The predicted molar refractivity (Wildman–Crippen MR) is 113 cm³/mol. The van der Waals surface area contributed by atoms with E-state index in [0.717, 1.165) is 23.1 Å². The van der Waals surface area contributed by atoms with Gasteiger partial charge >= 0.3 is 0 Å². The molecule has 1 aliphatic carbocycles. The van der Waals surface area contributed by atoms with Crippen LogP contribution in [0.15, 0.2) is 41.7 Å². The van der Waals surface area contributed by atoms with Crippen molar-refractivity contribution in [2.75, 3.05) is 6.26 Å². The van der Waals surface area contributed by atoms with Gasteiger partial charge in [-0.05, 0) is 44.0 Å². The molecule has 10 heteroatoms. The van der Waals surface area contributed by atoms with Crippen LogP contribution in [-0.2, 0) is 16.4 Å². The Bertz CT molecular complexity index is 1400. The molecular formula is C20H20ClN5O3S. The molecule has 3 heterocycles. The van der Waals surface area contributed by atoms with Crippen LogP contribution in [0.5, 0.6) is 0 Å². The largest absolute Gasteiger partial charge is 0.390 e. The number of aliphatic hydroxyl groups is 1.